The van der Waals surface area contributed by atoms with E-state index < -0.39 is 15.8 Å². The predicted molar refractivity (Wildman–Crippen MR) is 77.4 cm³/mol. The van der Waals surface area contributed by atoms with E-state index in [0.717, 1.165) is 5.56 Å². The molecule has 0 bridgehead atoms. The Hall–Kier alpha value is -2.08. The number of sulfonamides is 1. The Morgan fingerprint density at radius 2 is 1.90 bits per heavy atom. The van der Waals surface area contributed by atoms with E-state index in [2.05, 4.69) is 4.72 Å². The van der Waals surface area contributed by atoms with Crippen LogP contribution in [0.15, 0.2) is 47.4 Å². The number of rotatable bonds is 4. The van der Waals surface area contributed by atoms with Crippen molar-refractivity contribution in [3.63, 3.8) is 0 Å². The molecule has 0 spiro atoms. The molecular weight excluding hydrogens is 279 g/mol. The van der Waals surface area contributed by atoms with Crippen LogP contribution in [0.25, 0.3) is 0 Å². The maximum absolute atomic E-state index is 13.5. The first-order valence-corrected chi connectivity index (χ1v) is 7.58. The molecule has 3 N–H and O–H groups in total. The standard InChI is InChI=1S/C14H15FN2O2S/c1-2-10-7-8-11(9-13(10)16)20(18,19)17-14-6-4-3-5-12(14)15/h3-9,17H,2,16H2,1H3. The average Bonchev–Trinajstić information content (AvgIpc) is 2.41. The third-order valence-electron chi connectivity index (χ3n) is 2.93. The minimum atomic E-state index is -3.85. The second kappa shape index (κ2) is 5.50. The quantitative estimate of drug-likeness (QED) is 0.852. The Morgan fingerprint density at radius 3 is 2.50 bits per heavy atom. The molecule has 20 heavy (non-hydrogen) atoms. The summed E-state index contributed by atoms with van der Waals surface area (Å²) in [4.78, 5) is 0.00968. The van der Waals surface area contributed by atoms with Crippen molar-refractivity contribution < 1.29 is 12.8 Å². The van der Waals surface area contributed by atoms with Gasteiger partial charge in [0.1, 0.15) is 5.82 Å². The molecule has 0 atom stereocenters. The summed E-state index contributed by atoms with van der Waals surface area (Å²) in [5.74, 6) is -0.630. The lowest BCUT2D eigenvalue weighted by atomic mass is 10.1. The third-order valence-corrected chi connectivity index (χ3v) is 4.29. The highest BCUT2D eigenvalue weighted by molar-refractivity contribution is 7.92. The lowest BCUT2D eigenvalue weighted by Crippen LogP contribution is -2.14. The van der Waals surface area contributed by atoms with Crippen molar-refractivity contribution in [2.24, 2.45) is 0 Å². The van der Waals surface area contributed by atoms with Gasteiger partial charge in [-0.15, -0.1) is 0 Å². The van der Waals surface area contributed by atoms with E-state index in [0.29, 0.717) is 12.1 Å². The first-order valence-electron chi connectivity index (χ1n) is 6.10. The van der Waals surface area contributed by atoms with Crippen LogP contribution >= 0.6 is 0 Å². The highest BCUT2D eigenvalue weighted by Crippen LogP contribution is 2.22. The molecule has 0 saturated carbocycles. The van der Waals surface area contributed by atoms with Gasteiger partial charge in [-0.05, 0) is 36.2 Å². The number of nitrogens with two attached hydrogens (primary N) is 1. The molecule has 4 nitrogen and oxygen atoms in total. The Bertz CT molecular complexity index is 730. The molecule has 6 heteroatoms. The van der Waals surface area contributed by atoms with Crippen LogP contribution in [0, 0.1) is 5.82 Å². The van der Waals surface area contributed by atoms with Crippen molar-refractivity contribution >= 4 is 21.4 Å². The smallest absolute Gasteiger partial charge is 0.262 e. The summed E-state index contributed by atoms with van der Waals surface area (Å²) in [6, 6.07) is 10.1. The molecule has 0 heterocycles. The largest absolute Gasteiger partial charge is 0.398 e. The number of para-hydroxylation sites is 1. The summed E-state index contributed by atoms with van der Waals surface area (Å²) >= 11 is 0. The van der Waals surface area contributed by atoms with E-state index in [1.807, 2.05) is 6.92 Å². The number of nitrogen functional groups attached to an aromatic ring is 1. The molecule has 0 aromatic heterocycles. The summed E-state index contributed by atoms with van der Waals surface area (Å²) in [5, 5.41) is 0. The highest BCUT2D eigenvalue weighted by Gasteiger charge is 2.17. The maximum atomic E-state index is 13.5. The summed E-state index contributed by atoms with van der Waals surface area (Å²) < 4.78 is 40.0. The van der Waals surface area contributed by atoms with Gasteiger partial charge < -0.3 is 5.73 Å². The molecule has 0 unspecified atom stereocenters. The van der Waals surface area contributed by atoms with E-state index in [1.54, 1.807) is 12.1 Å². The minimum Gasteiger partial charge on any atom is -0.398 e. The molecule has 0 aliphatic rings. The van der Waals surface area contributed by atoms with Gasteiger partial charge >= 0.3 is 0 Å². The molecule has 0 aliphatic heterocycles. The summed E-state index contributed by atoms with van der Waals surface area (Å²) in [5.41, 5.74) is 6.97. The molecule has 0 fully saturated rings. The van der Waals surface area contributed by atoms with Crippen molar-refractivity contribution in [2.45, 2.75) is 18.2 Å². The molecule has 0 aliphatic carbocycles. The van der Waals surface area contributed by atoms with Crippen LogP contribution in [-0.4, -0.2) is 8.42 Å². The lowest BCUT2D eigenvalue weighted by molar-refractivity contribution is 0.598. The van der Waals surface area contributed by atoms with Crippen LogP contribution in [0.5, 0.6) is 0 Å². The van der Waals surface area contributed by atoms with E-state index in [4.69, 9.17) is 5.73 Å². The topological polar surface area (TPSA) is 72.2 Å². The number of benzene rings is 2. The fourth-order valence-corrected chi connectivity index (χ4v) is 2.91. The molecule has 2 aromatic rings. The highest BCUT2D eigenvalue weighted by atomic mass is 32.2. The van der Waals surface area contributed by atoms with Crippen molar-refractivity contribution in [3.8, 4) is 0 Å². The first-order chi connectivity index (χ1) is 9.44. The van der Waals surface area contributed by atoms with Crippen LogP contribution in [0.1, 0.15) is 12.5 Å². The van der Waals surface area contributed by atoms with Crippen LogP contribution in [0.3, 0.4) is 0 Å². The lowest BCUT2D eigenvalue weighted by Gasteiger charge is -2.10. The van der Waals surface area contributed by atoms with Gasteiger partial charge in [0.25, 0.3) is 10.0 Å². The zero-order valence-corrected chi connectivity index (χ0v) is 11.7. The SMILES string of the molecule is CCc1ccc(S(=O)(=O)Nc2ccccc2F)cc1N. The second-order valence-electron chi connectivity index (χ2n) is 4.30. The minimum absolute atomic E-state index is 0.00968. The average molecular weight is 294 g/mol. The maximum Gasteiger partial charge on any atom is 0.262 e. The Morgan fingerprint density at radius 1 is 1.20 bits per heavy atom. The molecule has 0 saturated heterocycles. The second-order valence-corrected chi connectivity index (χ2v) is 5.98. The van der Waals surface area contributed by atoms with Gasteiger partial charge in [0.05, 0.1) is 10.6 Å². The fraction of sp³-hybridized carbons (Fsp3) is 0.143. The molecule has 2 rings (SSSR count). The van der Waals surface area contributed by atoms with E-state index >= 15 is 0 Å². The van der Waals surface area contributed by atoms with Crippen molar-refractivity contribution in [2.75, 3.05) is 10.5 Å². The molecule has 2 aromatic carbocycles. The van der Waals surface area contributed by atoms with Crippen LogP contribution in [0.4, 0.5) is 15.8 Å². The molecule has 0 radical (unpaired) electrons. The number of anilines is 2. The van der Waals surface area contributed by atoms with Gasteiger partial charge in [0.2, 0.25) is 0 Å². The van der Waals surface area contributed by atoms with E-state index in [-0.39, 0.29) is 10.6 Å². The van der Waals surface area contributed by atoms with Crippen LogP contribution in [-0.2, 0) is 16.4 Å². The Kier molecular flexibility index (Phi) is 3.94. The van der Waals surface area contributed by atoms with Gasteiger partial charge in [-0.2, -0.15) is 0 Å². The van der Waals surface area contributed by atoms with Crippen molar-refractivity contribution in [3.05, 3.63) is 53.8 Å². The first kappa shape index (κ1) is 14.3. The Balaban J connectivity index is 2.36. The van der Waals surface area contributed by atoms with Gasteiger partial charge in [-0.25, -0.2) is 12.8 Å². The third kappa shape index (κ3) is 2.91. The van der Waals surface area contributed by atoms with E-state index in [1.165, 1.54) is 30.3 Å². The number of hydrogen-bond acceptors (Lipinski definition) is 3. The summed E-state index contributed by atoms with van der Waals surface area (Å²) in [6.45, 7) is 1.93. The fourth-order valence-electron chi connectivity index (χ4n) is 1.81. The van der Waals surface area contributed by atoms with E-state index in [9.17, 15) is 12.8 Å². The van der Waals surface area contributed by atoms with Gasteiger partial charge in [-0.3, -0.25) is 4.72 Å². The zero-order chi connectivity index (χ0) is 14.8. The number of nitrogens with one attached hydrogen (secondary N) is 1. The monoisotopic (exact) mass is 294 g/mol. The predicted octanol–water partition coefficient (Wildman–Crippen LogP) is 2.77. The Labute approximate surface area is 117 Å². The van der Waals surface area contributed by atoms with Crippen LogP contribution < -0.4 is 10.5 Å². The molecule has 106 valence electrons. The molecular formula is C14H15FN2O2S. The number of hydrogen-bond donors (Lipinski definition) is 2. The van der Waals surface area contributed by atoms with Gasteiger partial charge in [0.15, 0.2) is 0 Å². The summed E-state index contributed by atoms with van der Waals surface area (Å²) in [6.07, 6.45) is 0.715. The number of aryl methyl sites for hydroxylation is 1. The van der Waals surface area contributed by atoms with Crippen LogP contribution in [0.2, 0.25) is 0 Å². The van der Waals surface area contributed by atoms with Gasteiger partial charge in [0, 0.05) is 5.69 Å². The zero-order valence-electron chi connectivity index (χ0n) is 10.9. The number of halogens is 1. The molecule has 0 amide bonds. The van der Waals surface area contributed by atoms with Gasteiger partial charge in [-0.1, -0.05) is 25.1 Å². The van der Waals surface area contributed by atoms with Crippen molar-refractivity contribution in [1.82, 2.24) is 0 Å². The van der Waals surface area contributed by atoms with Crippen molar-refractivity contribution in [1.29, 1.82) is 0 Å². The summed E-state index contributed by atoms with van der Waals surface area (Å²) in [7, 11) is -3.85. The normalized spacial score (nSPS) is 11.3.